The lowest BCUT2D eigenvalue weighted by molar-refractivity contribution is 0.217. The second-order valence-electron chi connectivity index (χ2n) is 6.04. The minimum Gasteiger partial charge on any atom is -0.271 e. The van der Waals surface area contributed by atoms with Gasteiger partial charge in [-0.1, -0.05) is 26.2 Å². The number of nitrogens with one attached hydrogen (secondary N) is 1. The van der Waals surface area contributed by atoms with E-state index in [1.165, 1.54) is 37.7 Å². The molecule has 1 aromatic heterocycles. The van der Waals surface area contributed by atoms with Crippen molar-refractivity contribution < 1.29 is 0 Å². The highest BCUT2D eigenvalue weighted by atomic mass is 15.2. The van der Waals surface area contributed by atoms with Crippen LogP contribution in [0.25, 0.3) is 0 Å². The first-order valence-electron chi connectivity index (χ1n) is 7.55. The van der Waals surface area contributed by atoms with E-state index >= 15 is 0 Å². The molecular formula is C16H27N3. The van der Waals surface area contributed by atoms with E-state index in [-0.39, 0.29) is 6.04 Å². The van der Waals surface area contributed by atoms with Crippen molar-refractivity contribution in [1.29, 1.82) is 0 Å². The van der Waals surface area contributed by atoms with Crippen LogP contribution in [0.4, 0.5) is 0 Å². The maximum absolute atomic E-state index is 5.81. The number of aryl methyl sites for hydroxylation is 2. The molecule has 19 heavy (non-hydrogen) atoms. The first-order chi connectivity index (χ1) is 9.13. The molecule has 1 unspecified atom stereocenters. The van der Waals surface area contributed by atoms with Gasteiger partial charge < -0.3 is 0 Å². The Morgan fingerprint density at radius 1 is 1.26 bits per heavy atom. The Morgan fingerprint density at radius 3 is 2.47 bits per heavy atom. The molecule has 0 amide bonds. The van der Waals surface area contributed by atoms with Gasteiger partial charge in [0.05, 0.1) is 11.7 Å². The van der Waals surface area contributed by atoms with Crippen molar-refractivity contribution in [2.45, 2.75) is 58.9 Å². The van der Waals surface area contributed by atoms with Gasteiger partial charge in [-0.25, -0.2) is 0 Å². The molecule has 106 valence electrons. The average molecular weight is 261 g/mol. The van der Waals surface area contributed by atoms with E-state index in [9.17, 15) is 0 Å². The molecule has 0 aromatic carbocycles. The van der Waals surface area contributed by atoms with E-state index in [1.54, 1.807) is 0 Å². The molecule has 1 heterocycles. The summed E-state index contributed by atoms with van der Waals surface area (Å²) in [5, 5.41) is 0. The number of rotatable bonds is 4. The second-order valence-corrected chi connectivity index (χ2v) is 6.04. The summed E-state index contributed by atoms with van der Waals surface area (Å²) in [6.07, 6.45) is 6.52. The molecule has 3 heteroatoms. The van der Waals surface area contributed by atoms with Gasteiger partial charge in [-0.15, -0.1) is 0 Å². The Balaban J connectivity index is 2.11. The van der Waals surface area contributed by atoms with Crippen molar-refractivity contribution in [3.8, 4) is 0 Å². The Morgan fingerprint density at radius 2 is 1.95 bits per heavy atom. The largest absolute Gasteiger partial charge is 0.271 e. The third kappa shape index (κ3) is 3.54. The minimum absolute atomic E-state index is 0.205. The molecule has 0 bridgehead atoms. The maximum Gasteiger partial charge on any atom is 0.0660 e. The van der Waals surface area contributed by atoms with E-state index in [4.69, 9.17) is 5.84 Å². The molecule has 1 atom stereocenters. The van der Waals surface area contributed by atoms with Crippen LogP contribution in [0.1, 0.15) is 62.0 Å². The van der Waals surface area contributed by atoms with Crippen LogP contribution in [0.3, 0.4) is 0 Å². The van der Waals surface area contributed by atoms with E-state index in [0.29, 0.717) is 5.92 Å². The molecule has 2 rings (SSSR count). The quantitative estimate of drug-likeness (QED) is 0.645. The first-order valence-corrected chi connectivity index (χ1v) is 7.55. The van der Waals surface area contributed by atoms with Gasteiger partial charge in [-0.3, -0.25) is 16.3 Å². The predicted octanol–water partition coefficient (Wildman–Crippen LogP) is 3.42. The molecule has 0 saturated heterocycles. The highest BCUT2D eigenvalue weighted by Gasteiger charge is 2.28. The molecule has 1 aromatic rings. The van der Waals surface area contributed by atoms with Crippen LogP contribution in [-0.2, 0) is 0 Å². The first kappa shape index (κ1) is 14.5. The van der Waals surface area contributed by atoms with Crippen molar-refractivity contribution in [3.05, 3.63) is 29.1 Å². The molecule has 3 nitrogen and oxygen atoms in total. The fourth-order valence-corrected chi connectivity index (χ4v) is 3.42. The Kier molecular flexibility index (Phi) is 4.94. The zero-order chi connectivity index (χ0) is 13.8. The molecule has 1 saturated carbocycles. The maximum atomic E-state index is 5.81. The van der Waals surface area contributed by atoms with E-state index in [1.807, 2.05) is 0 Å². The number of nitrogens with two attached hydrogens (primary N) is 1. The van der Waals surface area contributed by atoms with Crippen LogP contribution in [-0.4, -0.2) is 4.98 Å². The number of hydrogen-bond acceptors (Lipinski definition) is 3. The second kappa shape index (κ2) is 6.49. The number of hydrogen-bond donors (Lipinski definition) is 2. The Hall–Kier alpha value is -0.930. The monoisotopic (exact) mass is 261 g/mol. The van der Waals surface area contributed by atoms with Crippen LogP contribution >= 0.6 is 0 Å². The predicted molar refractivity (Wildman–Crippen MR) is 79.5 cm³/mol. The van der Waals surface area contributed by atoms with Crippen LogP contribution in [0.5, 0.6) is 0 Å². The molecule has 1 fully saturated rings. The van der Waals surface area contributed by atoms with Crippen molar-refractivity contribution in [2.24, 2.45) is 17.7 Å². The summed E-state index contributed by atoms with van der Waals surface area (Å²) in [4.78, 5) is 4.68. The molecule has 1 aliphatic carbocycles. The molecule has 3 N–H and O–H groups in total. The molecule has 1 aliphatic rings. The normalized spacial score (nSPS) is 25.3. The van der Waals surface area contributed by atoms with Gasteiger partial charge in [-0.05, 0) is 56.2 Å². The van der Waals surface area contributed by atoms with Crippen LogP contribution < -0.4 is 11.3 Å². The van der Waals surface area contributed by atoms with Gasteiger partial charge in [0.2, 0.25) is 0 Å². The molecule has 0 aliphatic heterocycles. The lowest BCUT2D eigenvalue weighted by atomic mass is 9.77. The van der Waals surface area contributed by atoms with Gasteiger partial charge in [0.1, 0.15) is 0 Å². The Labute approximate surface area is 117 Å². The molecular weight excluding hydrogens is 234 g/mol. The molecule has 0 radical (unpaired) electrons. The fraction of sp³-hybridized carbons (Fsp3) is 0.688. The highest BCUT2D eigenvalue weighted by Crippen LogP contribution is 2.37. The topological polar surface area (TPSA) is 50.9 Å². The summed E-state index contributed by atoms with van der Waals surface area (Å²) in [5.74, 6) is 7.36. The zero-order valence-electron chi connectivity index (χ0n) is 12.4. The van der Waals surface area contributed by atoms with Crippen molar-refractivity contribution >= 4 is 0 Å². The summed E-state index contributed by atoms with van der Waals surface area (Å²) in [6.45, 7) is 6.48. The van der Waals surface area contributed by atoms with Gasteiger partial charge in [0.15, 0.2) is 0 Å². The summed E-state index contributed by atoms with van der Waals surface area (Å²) in [7, 11) is 0. The van der Waals surface area contributed by atoms with Crippen molar-refractivity contribution in [1.82, 2.24) is 10.4 Å². The zero-order valence-corrected chi connectivity index (χ0v) is 12.4. The summed E-state index contributed by atoms with van der Waals surface area (Å²) < 4.78 is 0. The van der Waals surface area contributed by atoms with E-state index < -0.39 is 0 Å². The third-order valence-electron chi connectivity index (χ3n) is 4.56. The number of aromatic nitrogens is 1. The average Bonchev–Trinajstić information content (AvgIpc) is 2.39. The number of nitrogens with zero attached hydrogens (tertiary/aromatic N) is 1. The number of pyridine rings is 1. The minimum atomic E-state index is 0.205. The lowest BCUT2D eigenvalue weighted by Gasteiger charge is -2.33. The van der Waals surface area contributed by atoms with Crippen molar-refractivity contribution in [3.63, 3.8) is 0 Å². The van der Waals surface area contributed by atoms with Gasteiger partial charge in [0, 0.05) is 5.69 Å². The third-order valence-corrected chi connectivity index (χ3v) is 4.56. The van der Waals surface area contributed by atoms with Gasteiger partial charge >= 0.3 is 0 Å². The van der Waals surface area contributed by atoms with Crippen molar-refractivity contribution in [2.75, 3.05) is 0 Å². The summed E-state index contributed by atoms with van der Waals surface area (Å²) >= 11 is 0. The van der Waals surface area contributed by atoms with Gasteiger partial charge in [-0.2, -0.15) is 0 Å². The lowest BCUT2D eigenvalue weighted by Crippen LogP contribution is -2.36. The Bertz CT molecular complexity index is 388. The summed E-state index contributed by atoms with van der Waals surface area (Å²) in [5.41, 5.74) is 6.47. The highest BCUT2D eigenvalue weighted by molar-refractivity contribution is 5.22. The fourth-order valence-electron chi connectivity index (χ4n) is 3.42. The van der Waals surface area contributed by atoms with E-state index in [0.717, 1.165) is 17.3 Å². The SMILES string of the molecule is CCC1CCC(C(NN)c2cc(C)cc(C)n2)CC1. The van der Waals surface area contributed by atoms with Crippen LogP contribution in [0, 0.1) is 25.7 Å². The van der Waals surface area contributed by atoms with Crippen LogP contribution in [0.15, 0.2) is 12.1 Å². The van der Waals surface area contributed by atoms with Gasteiger partial charge in [0.25, 0.3) is 0 Å². The molecule has 0 spiro atoms. The number of hydrazine groups is 1. The summed E-state index contributed by atoms with van der Waals surface area (Å²) in [6, 6.07) is 4.49. The standard InChI is InChI=1S/C16H27N3/c1-4-13-5-7-14(8-6-13)16(19-17)15-10-11(2)9-12(3)18-15/h9-10,13-14,16,19H,4-8,17H2,1-3H3. The van der Waals surface area contributed by atoms with E-state index in [2.05, 4.69) is 43.3 Å². The van der Waals surface area contributed by atoms with Crippen LogP contribution in [0.2, 0.25) is 0 Å². The smallest absolute Gasteiger partial charge is 0.0660 e.